The number of benzene rings is 2. The highest BCUT2D eigenvalue weighted by Gasteiger charge is 2.29. The van der Waals surface area contributed by atoms with Crippen LogP contribution in [0.2, 0.25) is 0 Å². The number of hydrogen-bond acceptors (Lipinski definition) is 1. The van der Waals surface area contributed by atoms with Gasteiger partial charge >= 0.3 is 0 Å². The van der Waals surface area contributed by atoms with Gasteiger partial charge in [0.25, 0.3) is 5.91 Å². The Balaban J connectivity index is 2.07. The van der Waals surface area contributed by atoms with Crippen LogP contribution in [-0.2, 0) is 6.42 Å². The van der Waals surface area contributed by atoms with Gasteiger partial charge < -0.3 is 4.90 Å². The van der Waals surface area contributed by atoms with Crippen LogP contribution < -0.4 is 4.90 Å². The van der Waals surface area contributed by atoms with Crippen LogP contribution >= 0.6 is 0 Å². The van der Waals surface area contributed by atoms with Crippen LogP contribution in [0.1, 0.15) is 22.3 Å². The first-order valence-corrected chi connectivity index (χ1v) is 6.73. The van der Waals surface area contributed by atoms with E-state index in [0.717, 1.165) is 12.0 Å². The van der Waals surface area contributed by atoms with Crippen LogP contribution in [0.3, 0.4) is 0 Å². The number of para-hydroxylation sites is 1. The molecular formula is C16H11F4NO. The van der Waals surface area contributed by atoms with Crippen molar-refractivity contribution in [3.05, 3.63) is 64.7 Å². The average molecular weight is 309 g/mol. The van der Waals surface area contributed by atoms with Gasteiger partial charge in [0.05, 0.1) is 5.56 Å². The van der Waals surface area contributed by atoms with Crippen LogP contribution in [0.15, 0.2) is 30.3 Å². The number of rotatable bonds is 1. The van der Waals surface area contributed by atoms with E-state index < -0.39 is 34.7 Å². The van der Waals surface area contributed by atoms with E-state index in [1.807, 2.05) is 12.1 Å². The molecule has 0 bridgehead atoms. The minimum atomic E-state index is -1.98. The number of carbonyl (C=O) groups is 1. The highest BCUT2D eigenvalue weighted by atomic mass is 19.2. The molecule has 22 heavy (non-hydrogen) atoms. The summed E-state index contributed by atoms with van der Waals surface area (Å²) < 4.78 is 53.4. The van der Waals surface area contributed by atoms with Crippen molar-refractivity contribution in [2.24, 2.45) is 0 Å². The fourth-order valence-electron chi connectivity index (χ4n) is 2.62. The smallest absolute Gasteiger partial charge is 0.261 e. The molecule has 0 saturated heterocycles. The van der Waals surface area contributed by atoms with Gasteiger partial charge in [0.1, 0.15) is 0 Å². The van der Waals surface area contributed by atoms with Crippen molar-refractivity contribution < 1.29 is 22.4 Å². The summed E-state index contributed by atoms with van der Waals surface area (Å²) in [4.78, 5) is 13.7. The molecule has 2 aromatic rings. The van der Waals surface area contributed by atoms with Gasteiger partial charge in [-0.05, 0) is 30.5 Å². The predicted octanol–water partition coefficient (Wildman–Crippen LogP) is 3.84. The third-order valence-electron chi connectivity index (χ3n) is 3.69. The first-order chi connectivity index (χ1) is 10.5. The molecule has 0 radical (unpaired) electrons. The minimum absolute atomic E-state index is 0.301. The number of aryl methyl sites for hydroxylation is 1. The maximum Gasteiger partial charge on any atom is 0.261 e. The second-order valence-corrected chi connectivity index (χ2v) is 5.04. The molecule has 0 fully saturated rings. The standard InChI is InChI=1S/C16H11F4NO/c17-11-8-10(13(18)15(20)14(11)19)16(22)21-7-3-5-9-4-1-2-6-12(9)21/h1-2,4,6,8H,3,5,7H2. The molecule has 1 aliphatic rings. The molecule has 0 spiro atoms. The van der Waals surface area contributed by atoms with Crippen molar-refractivity contribution >= 4 is 11.6 Å². The summed E-state index contributed by atoms with van der Waals surface area (Å²) in [5.41, 5.74) is 0.655. The zero-order valence-corrected chi connectivity index (χ0v) is 11.4. The summed E-state index contributed by atoms with van der Waals surface area (Å²) in [6.45, 7) is 0.301. The summed E-state index contributed by atoms with van der Waals surface area (Å²) in [5, 5.41) is 0. The van der Waals surface area contributed by atoms with E-state index in [-0.39, 0.29) is 0 Å². The van der Waals surface area contributed by atoms with Gasteiger partial charge in [-0.25, -0.2) is 17.6 Å². The quantitative estimate of drug-likeness (QED) is 0.445. The van der Waals surface area contributed by atoms with E-state index in [4.69, 9.17) is 0 Å². The number of nitrogens with zero attached hydrogens (tertiary/aromatic N) is 1. The fraction of sp³-hybridized carbons (Fsp3) is 0.188. The summed E-state index contributed by atoms with van der Waals surface area (Å²) in [7, 11) is 0. The number of hydrogen-bond donors (Lipinski definition) is 0. The third kappa shape index (κ3) is 2.24. The molecule has 0 N–H and O–H groups in total. The molecule has 1 amide bonds. The molecule has 6 heteroatoms. The summed E-state index contributed by atoms with van der Waals surface area (Å²) >= 11 is 0. The van der Waals surface area contributed by atoms with Gasteiger partial charge in [-0.3, -0.25) is 4.79 Å². The number of carbonyl (C=O) groups excluding carboxylic acids is 1. The van der Waals surface area contributed by atoms with E-state index in [1.165, 1.54) is 4.90 Å². The maximum atomic E-state index is 13.8. The lowest BCUT2D eigenvalue weighted by Gasteiger charge is -2.29. The van der Waals surface area contributed by atoms with Crippen molar-refractivity contribution in [3.8, 4) is 0 Å². The molecule has 0 unspecified atom stereocenters. The van der Waals surface area contributed by atoms with E-state index in [0.29, 0.717) is 24.7 Å². The van der Waals surface area contributed by atoms with Crippen molar-refractivity contribution in [2.45, 2.75) is 12.8 Å². The third-order valence-corrected chi connectivity index (χ3v) is 3.69. The Labute approximate surface area is 124 Å². The van der Waals surface area contributed by atoms with Crippen molar-refractivity contribution in [2.75, 3.05) is 11.4 Å². The molecule has 0 atom stereocenters. The average Bonchev–Trinajstić information content (AvgIpc) is 2.55. The molecule has 2 nitrogen and oxygen atoms in total. The van der Waals surface area contributed by atoms with Gasteiger partial charge in [-0.15, -0.1) is 0 Å². The van der Waals surface area contributed by atoms with Gasteiger partial charge in [0.2, 0.25) is 0 Å². The predicted molar refractivity (Wildman–Crippen MR) is 72.7 cm³/mol. The molecule has 0 aliphatic carbocycles. The summed E-state index contributed by atoms with van der Waals surface area (Å²) in [6, 6.07) is 7.43. The van der Waals surface area contributed by atoms with Crippen molar-refractivity contribution in [3.63, 3.8) is 0 Å². The lowest BCUT2D eigenvalue weighted by Crippen LogP contribution is -2.36. The number of amides is 1. The zero-order valence-electron chi connectivity index (χ0n) is 11.4. The molecule has 3 rings (SSSR count). The minimum Gasteiger partial charge on any atom is -0.308 e. The second-order valence-electron chi connectivity index (χ2n) is 5.04. The van der Waals surface area contributed by atoms with E-state index in [1.54, 1.807) is 12.1 Å². The van der Waals surface area contributed by atoms with Gasteiger partial charge in [0.15, 0.2) is 23.3 Å². The largest absolute Gasteiger partial charge is 0.308 e. The van der Waals surface area contributed by atoms with Crippen LogP contribution in [0.4, 0.5) is 23.2 Å². The first-order valence-electron chi connectivity index (χ1n) is 6.73. The number of fused-ring (bicyclic) bond motifs is 1. The SMILES string of the molecule is O=C(c1cc(F)c(F)c(F)c1F)N1CCCc2ccccc21. The summed E-state index contributed by atoms with van der Waals surface area (Å²) in [5.74, 6) is -8.05. The van der Waals surface area contributed by atoms with Crippen molar-refractivity contribution in [1.29, 1.82) is 0 Å². The number of anilines is 1. The van der Waals surface area contributed by atoms with E-state index >= 15 is 0 Å². The molecular weight excluding hydrogens is 298 g/mol. The molecule has 0 saturated carbocycles. The second kappa shape index (κ2) is 5.44. The monoisotopic (exact) mass is 309 g/mol. The topological polar surface area (TPSA) is 20.3 Å². The Morgan fingerprint density at radius 1 is 1.00 bits per heavy atom. The fourth-order valence-corrected chi connectivity index (χ4v) is 2.62. The summed E-state index contributed by atoms with van der Waals surface area (Å²) in [6.07, 6.45) is 1.41. The highest BCUT2D eigenvalue weighted by Crippen LogP contribution is 2.29. The Kier molecular flexibility index (Phi) is 3.60. The van der Waals surface area contributed by atoms with Crippen molar-refractivity contribution in [1.82, 2.24) is 0 Å². The Hall–Kier alpha value is -2.37. The normalized spacial score (nSPS) is 13.9. The molecule has 2 aromatic carbocycles. The molecule has 0 aromatic heterocycles. The van der Waals surface area contributed by atoms with E-state index in [2.05, 4.69) is 0 Å². The number of halogens is 4. The Morgan fingerprint density at radius 2 is 1.73 bits per heavy atom. The van der Waals surface area contributed by atoms with Crippen LogP contribution in [0.5, 0.6) is 0 Å². The lowest BCUT2D eigenvalue weighted by atomic mass is 10.0. The van der Waals surface area contributed by atoms with Crippen LogP contribution in [0, 0.1) is 23.3 Å². The molecule has 1 aliphatic heterocycles. The van der Waals surface area contributed by atoms with Gasteiger partial charge in [0, 0.05) is 12.2 Å². The van der Waals surface area contributed by atoms with E-state index in [9.17, 15) is 22.4 Å². The van der Waals surface area contributed by atoms with Crippen LogP contribution in [-0.4, -0.2) is 12.5 Å². The molecule has 1 heterocycles. The zero-order chi connectivity index (χ0) is 15.9. The van der Waals surface area contributed by atoms with Gasteiger partial charge in [-0.1, -0.05) is 18.2 Å². The highest BCUT2D eigenvalue weighted by molar-refractivity contribution is 6.07. The first kappa shape index (κ1) is 14.6. The Morgan fingerprint density at radius 3 is 2.50 bits per heavy atom. The Bertz CT molecular complexity index is 760. The maximum absolute atomic E-state index is 13.8. The lowest BCUT2D eigenvalue weighted by molar-refractivity contribution is 0.0979. The molecule has 114 valence electrons. The van der Waals surface area contributed by atoms with Crippen LogP contribution in [0.25, 0.3) is 0 Å². The van der Waals surface area contributed by atoms with Gasteiger partial charge in [-0.2, -0.15) is 0 Å².